The SMILES string of the molecule is CC[C@]1(C(OC)OC)NC(=O)N(C)C1=O. The number of hydrogen-bond acceptors (Lipinski definition) is 4. The lowest BCUT2D eigenvalue weighted by Crippen LogP contribution is -2.57. The molecule has 0 aromatic rings. The Morgan fingerprint density at radius 3 is 2.20 bits per heavy atom. The van der Waals surface area contributed by atoms with E-state index in [9.17, 15) is 9.59 Å². The molecule has 0 aromatic carbocycles. The molecule has 0 aliphatic carbocycles. The number of hydrogen-bond donors (Lipinski definition) is 1. The number of nitrogens with zero attached hydrogens (tertiary/aromatic N) is 1. The summed E-state index contributed by atoms with van der Waals surface area (Å²) in [5.74, 6) is -0.330. The Kier molecular flexibility index (Phi) is 3.31. The summed E-state index contributed by atoms with van der Waals surface area (Å²) in [6.07, 6.45) is -0.363. The van der Waals surface area contributed by atoms with Crippen LogP contribution in [0.1, 0.15) is 13.3 Å². The number of carbonyl (C=O) groups excluding carboxylic acids is 2. The zero-order valence-electron chi connectivity index (χ0n) is 9.36. The first-order chi connectivity index (χ1) is 7.03. The van der Waals surface area contributed by atoms with Crippen molar-refractivity contribution in [3.05, 3.63) is 0 Å². The van der Waals surface area contributed by atoms with Crippen molar-refractivity contribution in [1.29, 1.82) is 0 Å². The zero-order chi connectivity index (χ0) is 11.6. The lowest BCUT2D eigenvalue weighted by Gasteiger charge is -2.31. The third-order valence-electron chi connectivity index (χ3n) is 2.71. The Bertz CT molecular complexity index is 277. The van der Waals surface area contributed by atoms with Crippen LogP contribution in [0.15, 0.2) is 0 Å². The Hall–Kier alpha value is -1.14. The van der Waals surface area contributed by atoms with Gasteiger partial charge in [-0.05, 0) is 6.42 Å². The molecular formula is C9H16N2O4. The largest absolute Gasteiger partial charge is 0.353 e. The van der Waals surface area contributed by atoms with E-state index in [4.69, 9.17) is 9.47 Å². The molecule has 1 saturated heterocycles. The van der Waals surface area contributed by atoms with Gasteiger partial charge in [-0.1, -0.05) is 6.92 Å². The predicted molar refractivity (Wildman–Crippen MR) is 52.1 cm³/mol. The topological polar surface area (TPSA) is 67.9 Å². The minimum absolute atomic E-state index is 0.330. The summed E-state index contributed by atoms with van der Waals surface area (Å²) < 4.78 is 10.1. The smallest absolute Gasteiger partial charge is 0.324 e. The number of rotatable bonds is 4. The first-order valence-corrected chi connectivity index (χ1v) is 4.69. The summed E-state index contributed by atoms with van der Waals surface area (Å²) in [5, 5.41) is 2.61. The highest BCUT2D eigenvalue weighted by atomic mass is 16.7. The van der Waals surface area contributed by atoms with Crippen molar-refractivity contribution in [3.63, 3.8) is 0 Å². The molecule has 1 heterocycles. The number of methoxy groups -OCH3 is 2. The molecule has 15 heavy (non-hydrogen) atoms. The fourth-order valence-corrected chi connectivity index (χ4v) is 1.78. The van der Waals surface area contributed by atoms with E-state index >= 15 is 0 Å². The number of urea groups is 1. The molecule has 0 spiro atoms. The van der Waals surface area contributed by atoms with Crippen LogP contribution < -0.4 is 5.32 Å². The third kappa shape index (κ3) is 1.59. The van der Waals surface area contributed by atoms with Crippen LogP contribution in [-0.2, 0) is 14.3 Å². The Labute approximate surface area is 88.5 Å². The molecule has 1 aliphatic heterocycles. The van der Waals surface area contributed by atoms with Crippen LogP contribution in [0, 0.1) is 0 Å². The molecule has 1 N–H and O–H groups in total. The van der Waals surface area contributed by atoms with Crippen molar-refractivity contribution < 1.29 is 19.1 Å². The predicted octanol–water partition coefficient (Wildman–Crippen LogP) is -0.0643. The molecule has 1 rings (SSSR count). The van der Waals surface area contributed by atoms with Crippen LogP contribution in [0.5, 0.6) is 0 Å². The van der Waals surface area contributed by atoms with Crippen molar-refractivity contribution in [2.24, 2.45) is 0 Å². The van der Waals surface area contributed by atoms with E-state index in [0.717, 1.165) is 4.90 Å². The fourth-order valence-electron chi connectivity index (χ4n) is 1.78. The van der Waals surface area contributed by atoms with Crippen molar-refractivity contribution in [3.8, 4) is 0 Å². The van der Waals surface area contributed by atoms with E-state index in [1.165, 1.54) is 21.3 Å². The maximum Gasteiger partial charge on any atom is 0.324 e. The Balaban J connectivity index is 3.05. The Morgan fingerprint density at radius 2 is 1.93 bits per heavy atom. The minimum atomic E-state index is -1.10. The van der Waals surface area contributed by atoms with Gasteiger partial charge in [-0.15, -0.1) is 0 Å². The monoisotopic (exact) mass is 216 g/mol. The summed E-state index contributed by atoms with van der Waals surface area (Å²) in [7, 11) is 4.30. The van der Waals surface area contributed by atoms with Crippen molar-refractivity contribution >= 4 is 11.9 Å². The lowest BCUT2D eigenvalue weighted by atomic mass is 9.95. The maximum absolute atomic E-state index is 11.9. The standard InChI is InChI=1S/C9H16N2O4/c1-5-9(7(14-3)15-4)6(12)11(2)8(13)10-9/h7H,5H2,1-4H3,(H,10,13)/t9-/m0/s1. The van der Waals surface area contributed by atoms with Crippen molar-refractivity contribution in [2.45, 2.75) is 25.2 Å². The van der Waals surface area contributed by atoms with E-state index in [-0.39, 0.29) is 5.91 Å². The highest BCUT2D eigenvalue weighted by Gasteiger charge is 2.54. The van der Waals surface area contributed by atoms with Crippen LogP contribution in [0.25, 0.3) is 0 Å². The minimum Gasteiger partial charge on any atom is -0.353 e. The maximum atomic E-state index is 11.9. The van der Waals surface area contributed by atoms with Gasteiger partial charge in [-0.25, -0.2) is 4.79 Å². The first kappa shape index (κ1) is 11.9. The quantitative estimate of drug-likeness (QED) is 0.528. The fraction of sp³-hybridized carbons (Fsp3) is 0.778. The molecule has 0 unspecified atom stereocenters. The summed E-state index contributed by atoms with van der Waals surface area (Å²) in [5.41, 5.74) is -1.10. The van der Waals surface area contributed by atoms with Crippen LogP contribution in [-0.4, -0.2) is 49.9 Å². The Morgan fingerprint density at radius 1 is 1.40 bits per heavy atom. The number of nitrogens with one attached hydrogen (secondary N) is 1. The molecule has 0 radical (unpaired) electrons. The van der Waals surface area contributed by atoms with Crippen LogP contribution in [0.3, 0.4) is 0 Å². The van der Waals surface area contributed by atoms with Crippen molar-refractivity contribution in [2.75, 3.05) is 21.3 Å². The van der Waals surface area contributed by atoms with Crippen LogP contribution in [0.4, 0.5) is 4.79 Å². The van der Waals surface area contributed by atoms with E-state index in [1.54, 1.807) is 6.92 Å². The second-order valence-electron chi connectivity index (χ2n) is 3.42. The van der Waals surface area contributed by atoms with Gasteiger partial charge in [-0.2, -0.15) is 0 Å². The van der Waals surface area contributed by atoms with Gasteiger partial charge < -0.3 is 14.8 Å². The first-order valence-electron chi connectivity index (χ1n) is 4.69. The van der Waals surface area contributed by atoms with Crippen LogP contribution in [0.2, 0.25) is 0 Å². The van der Waals surface area contributed by atoms with Crippen LogP contribution >= 0.6 is 0 Å². The second kappa shape index (κ2) is 4.16. The molecule has 86 valence electrons. The molecule has 6 heteroatoms. The number of amides is 3. The molecule has 0 aromatic heterocycles. The van der Waals surface area contributed by atoms with Crippen molar-refractivity contribution in [1.82, 2.24) is 10.2 Å². The molecule has 0 bridgehead atoms. The van der Waals surface area contributed by atoms with E-state index < -0.39 is 17.9 Å². The van der Waals surface area contributed by atoms with E-state index in [0.29, 0.717) is 6.42 Å². The highest BCUT2D eigenvalue weighted by molar-refractivity contribution is 6.07. The molecule has 6 nitrogen and oxygen atoms in total. The van der Waals surface area contributed by atoms with E-state index in [2.05, 4.69) is 5.32 Å². The van der Waals surface area contributed by atoms with Gasteiger partial charge in [0.2, 0.25) is 0 Å². The molecule has 1 fully saturated rings. The second-order valence-corrected chi connectivity index (χ2v) is 3.42. The lowest BCUT2D eigenvalue weighted by molar-refractivity contribution is -0.168. The third-order valence-corrected chi connectivity index (χ3v) is 2.71. The number of ether oxygens (including phenoxy) is 2. The van der Waals surface area contributed by atoms with E-state index in [1.807, 2.05) is 0 Å². The van der Waals surface area contributed by atoms with Gasteiger partial charge in [0, 0.05) is 21.3 Å². The average Bonchev–Trinajstić information content (AvgIpc) is 2.46. The van der Waals surface area contributed by atoms with Gasteiger partial charge >= 0.3 is 6.03 Å². The summed E-state index contributed by atoms with van der Waals surface area (Å²) >= 11 is 0. The molecular weight excluding hydrogens is 200 g/mol. The van der Waals surface area contributed by atoms with Gasteiger partial charge in [0.05, 0.1) is 0 Å². The van der Waals surface area contributed by atoms with Gasteiger partial charge in [-0.3, -0.25) is 9.69 Å². The zero-order valence-corrected chi connectivity index (χ0v) is 9.36. The number of imide groups is 1. The number of carbonyl (C=O) groups is 2. The molecule has 1 aliphatic rings. The summed E-state index contributed by atoms with van der Waals surface area (Å²) in [4.78, 5) is 24.3. The number of likely N-dealkylation sites (N-methyl/N-ethyl adjacent to an activating group) is 1. The van der Waals surface area contributed by atoms with Gasteiger partial charge in [0.25, 0.3) is 5.91 Å². The molecule has 0 saturated carbocycles. The normalized spacial score (nSPS) is 26.3. The van der Waals surface area contributed by atoms with Gasteiger partial charge in [0.1, 0.15) is 0 Å². The van der Waals surface area contributed by atoms with Gasteiger partial charge in [0.15, 0.2) is 11.8 Å². The average molecular weight is 216 g/mol. The molecule has 3 amide bonds. The summed E-state index contributed by atoms with van der Waals surface area (Å²) in [6.45, 7) is 1.79. The molecule has 1 atom stereocenters. The summed E-state index contributed by atoms with van der Waals surface area (Å²) in [6, 6.07) is -0.430. The highest BCUT2D eigenvalue weighted by Crippen LogP contribution is 2.26.